The highest BCUT2D eigenvalue weighted by Crippen LogP contribution is 2.59. The second kappa shape index (κ2) is 11.9. The fraction of sp³-hybridized carbons (Fsp3) is 0.500. The summed E-state index contributed by atoms with van der Waals surface area (Å²) in [6.45, 7) is 7.61. The summed E-state index contributed by atoms with van der Waals surface area (Å²) in [5.74, 6) is 3.16. The topological polar surface area (TPSA) is 57.7 Å². The van der Waals surface area contributed by atoms with Gasteiger partial charge < -0.3 is 15.0 Å². The fourth-order valence-electron chi connectivity index (χ4n) is 8.83. The molecule has 1 aromatic heterocycles. The van der Waals surface area contributed by atoms with E-state index in [2.05, 4.69) is 32.2 Å². The van der Waals surface area contributed by atoms with Crippen molar-refractivity contribution in [3.8, 4) is 16.9 Å². The van der Waals surface area contributed by atoms with Crippen LogP contribution in [0.3, 0.4) is 0 Å². The highest BCUT2D eigenvalue weighted by Gasteiger charge is 2.50. The first-order valence-corrected chi connectivity index (χ1v) is 16.2. The Hall–Kier alpha value is -3.45. The van der Waals surface area contributed by atoms with Gasteiger partial charge in [-0.2, -0.15) is 0 Å². The molecule has 0 radical (unpaired) electrons. The number of carbonyl (C=O) groups excluding carboxylic acids is 1. The van der Waals surface area contributed by atoms with E-state index < -0.39 is 0 Å². The third-order valence-corrected chi connectivity index (χ3v) is 10.4. The molecule has 4 bridgehead atoms. The number of ether oxygens (including phenoxy) is 1. The molecule has 3 aromatic rings. The lowest BCUT2D eigenvalue weighted by Gasteiger charge is -2.56. The molecule has 4 saturated carbocycles. The molecule has 6 nitrogen and oxygen atoms in total. The van der Waals surface area contributed by atoms with Crippen LogP contribution >= 0.6 is 0 Å². The third-order valence-electron chi connectivity index (χ3n) is 10.4. The summed E-state index contributed by atoms with van der Waals surface area (Å²) >= 11 is 0. The molecule has 1 amide bonds. The van der Waals surface area contributed by atoms with E-state index in [1.165, 1.54) is 38.5 Å². The van der Waals surface area contributed by atoms with Crippen LogP contribution in [0.5, 0.6) is 5.75 Å². The van der Waals surface area contributed by atoms with Crippen molar-refractivity contribution in [2.24, 2.45) is 23.2 Å². The average Bonchev–Trinajstić information content (AvgIpc) is 3.00. The number of anilines is 1. The number of carbonyl (C=O) groups is 1. The van der Waals surface area contributed by atoms with E-state index in [1.807, 2.05) is 37.3 Å². The number of nitrogens with zero attached hydrogens (tertiary/aromatic N) is 3. The molecule has 5 fully saturated rings. The highest BCUT2D eigenvalue weighted by molar-refractivity contribution is 5.94. The number of rotatable bonds is 9. The average molecular weight is 583 g/mol. The van der Waals surface area contributed by atoms with E-state index in [4.69, 9.17) is 4.74 Å². The largest absolute Gasteiger partial charge is 0.492 e. The lowest BCUT2D eigenvalue weighted by Crippen LogP contribution is -2.51. The summed E-state index contributed by atoms with van der Waals surface area (Å²) in [7, 11) is 0. The number of benzene rings is 2. The van der Waals surface area contributed by atoms with Crippen molar-refractivity contribution < 1.29 is 13.9 Å². The number of amides is 1. The molecule has 1 aliphatic heterocycles. The molecule has 0 atom stereocenters. The fourth-order valence-corrected chi connectivity index (χ4v) is 8.83. The van der Waals surface area contributed by atoms with Gasteiger partial charge in [0.2, 0.25) is 0 Å². The van der Waals surface area contributed by atoms with Gasteiger partial charge in [0.15, 0.2) is 0 Å². The number of pyridine rings is 1. The van der Waals surface area contributed by atoms with Crippen molar-refractivity contribution in [3.63, 3.8) is 0 Å². The first-order chi connectivity index (χ1) is 20.9. The van der Waals surface area contributed by atoms with Crippen LogP contribution in [0.15, 0.2) is 60.9 Å². The molecule has 0 spiro atoms. The van der Waals surface area contributed by atoms with Crippen LogP contribution in [0.25, 0.3) is 11.1 Å². The summed E-state index contributed by atoms with van der Waals surface area (Å²) in [5.41, 5.74) is 4.47. The van der Waals surface area contributed by atoms with E-state index in [1.54, 1.807) is 18.5 Å². The van der Waals surface area contributed by atoms with Gasteiger partial charge in [0, 0.05) is 67.8 Å². The second-order valence-corrected chi connectivity index (χ2v) is 13.6. The van der Waals surface area contributed by atoms with Crippen molar-refractivity contribution in [3.05, 3.63) is 77.9 Å². The zero-order valence-electron chi connectivity index (χ0n) is 25.2. The Balaban J connectivity index is 0.900. The summed E-state index contributed by atoms with van der Waals surface area (Å²) in [6.07, 6.45) is 11.5. The van der Waals surface area contributed by atoms with Crippen molar-refractivity contribution in [2.75, 3.05) is 44.2 Å². The first kappa shape index (κ1) is 28.3. The number of nitrogens with one attached hydrogen (secondary N) is 1. The minimum Gasteiger partial charge on any atom is -0.492 e. The molecular weight excluding hydrogens is 539 g/mol. The monoisotopic (exact) mass is 582 g/mol. The van der Waals surface area contributed by atoms with Gasteiger partial charge in [-0.05, 0) is 111 Å². The first-order valence-electron chi connectivity index (χ1n) is 16.2. The lowest BCUT2D eigenvalue weighted by molar-refractivity contribution is -0.0503. The highest BCUT2D eigenvalue weighted by atomic mass is 19.1. The maximum Gasteiger partial charge on any atom is 0.251 e. The van der Waals surface area contributed by atoms with E-state index in [0.717, 1.165) is 72.9 Å². The van der Waals surface area contributed by atoms with E-state index in [9.17, 15) is 4.79 Å². The van der Waals surface area contributed by atoms with Crippen LogP contribution in [-0.2, 0) is 6.54 Å². The smallest absolute Gasteiger partial charge is 0.251 e. The van der Waals surface area contributed by atoms with Gasteiger partial charge in [-0.15, -0.1) is 0 Å². The standard InChI is InChI=1S/C36H43FN4O2/c1-2-43-32-17-30(21-38-22-32)33-8-3-25(16-34(33)37)23-40-9-11-41(12-10-40)31-6-4-29(5-7-31)35(42)39-24-36-18-26-13-27(19-36)15-28(14-26)20-36/h3-8,16-17,21-22,26-28H,2,9-15,18-20,23-24H2,1H3,(H,39,42). The van der Waals surface area contributed by atoms with Gasteiger partial charge in [0.25, 0.3) is 5.91 Å². The van der Waals surface area contributed by atoms with Gasteiger partial charge in [0.1, 0.15) is 11.6 Å². The predicted octanol–water partition coefficient (Wildman–Crippen LogP) is 6.55. The zero-order valence-corrected chi connectivity index (χ0v) is 25.2. The number of hydrogen-bond donors (Lipinski definition) is 1. The molecule has 43 heavy (non-hydrogen) atoms. The van der Waals surface area contributed by atoms with Crippen molar-refractivity contribution in [2.45, 2.75) is 52.0 Å². The SMILES string of the molecule is CCOc1cncc(-c2ccc(CN3CCN(c4ccc(C(=O)NCC56CC7CC(CC(C7)C5)C6)cc4)CC3)cc2F)c1. The van der Waals surface area contributed by atoms with Crippen molar-refractivity contribution in [1.82, 2.24) is 15.2 Å². The maximum absolute atomic E-state index is 15.1. The molecule has 1 N–H and O–H groups in total. The summed E-state index contributed by atoms with van der Waals surface area (Å²) in [4.78, 5) is 22.0. The van der Waals surface area contributed by atoms with E-state index >= 15 is 4.39 Å². The Morgan fingerprint density at radius 1 is 0.953 bits per heavy atom. The Morgan fingerprint density at radius 3 is 2.30 bits per heavy atom. The normalized spacial score (nSPS) is 26.5. The van der Waals surface area contributed by atoms with Crippen LogP contribution < -0.4 is 15.0 Å². The van der Waals surface area contributed by atoms with Crippen LogP contribution in [0.1, 0.15) is 61.4 Å². The minimum absolute atomic E-state index is 0.0589. The van der Waals surface area contributed by atoms with Crippen molar-refractivity contribution >= 4 is 11.6 Å². The quantitative estimate of drug-likeness (QED) is 0.310. The molecule has 1 saturated heterocycles. The van der Waals surface area contributed by atoms with Gasteiger partial charge in [-0.3, -0.25) is 14.7 Å². The lowest BCUT2D eigenvalue weighted by atomic mass is 9.49. The summed E-state index contributed by atoms with van der Waals surface area (Å²) in [5, 5.41) is 3.31. The van der Waals surface area contributed by atoms with Gasteiger partial charge in [-0.25, -0.2) is 4.39 Å². The Bertz CT molecular complexity index is 1410. The molecule has 5 aliphatic rings. The Kier molecular flexibility index (Phi) is 7.85. The molecule has 0 unspecified atom stereocenters. The predicted molar refractivity (Wildman–Crippen MR) is 168 cm³/mol. The Morgan fingerprint density at radius 2 is 1.65 bits per heavy atom. The second-order valence-electron chi connectivity index (χ2n) is 13.6. The number of halogens is 1. The number of hydrogen-bond acceptors (Lipinski definition) is 5. The van der Waals surface area contributed by atoms with E-state index in [0.29, 0.717) is 29.9 Å². The molecule has 226 valence electrons. The molecule has 2 heterocycles. The molecule has 7 heteroatoms. The van der Waals surface area contributed by atoms with Crippen LogP contribution in [0.4, 0.5) is 10.1 Å². The van der Waals surface area contributed by atoms with Crippen LogP contribution in [-0.4, -0.2) is 55.1 Å². The molecule has 8 rings (SSSR count). The van der Waals surface area contributed by atoms with Crippen LogP contribution in [0.2, 0.25) is 0 Å². The molecule has 4 aliphatic carbocycles. The third kappa shape index (κ3) is 6.14. The zero-order chi connectivity index (χ0) is 29.4. The Labute approximate surface area is 254 Å². The summed E-state index contributed by atoms with van der Waals surface area (Å²) < 4.78 is 20.6. The maximum atomic E-state index is 15.1. The van der Waals surface area contributed by atoms with E-state index in [-0.39, 0.29) is 11.7 Å². The summed E-state index contributed by atoms with van der Waals surface area (Å²) in [6, 6.07) is 15.4. The molecule has 2 aromatic carbocycles. The van der Waals surface area contributed by atoms with Crippen LogP contribution in [0, 0.1) is 29.0 Å². The number of aromatic nitrogens is 1. The minimum atomic E-state index is -0.242. The van der Waals surface area contributed by atoms with Gasteiger partial charge >= 0.3 is 0 Å². The molecular formula is C36H43FN4O2. The number of piperazine rings is 1. The van der Waals surface area contributed by atoms with Gasteiger partial charge in [0.05, 0.1) is 12.8 Å². The van der Waals surface area contributed by atoms with Gasteiger partial charge in [-0.1, -0.05) is 12.1 Å². The van der Waals surface area contributed by atoms with Crippen molar-refractivity contribution in [1.29, 1.82) is 0 Å².